The Kier molecular flexibility index (Phi) is 4.35. The van der Waals surface area contributed by atoms with Crippen LogP contribution in [0.15, 0.2) is 18.2 Å². The van der Waals surface area contributed by atoms with E-state index in [4.69, 9.17) is 0 Å². The fraction of sp³-hybridized carbons (Fsp3) is 0.571. The molecule has 2 atom stereocenters. The summed E-state index contributed by atoms with van der Waals surface area (Å²) in [5.41, 5.74) is 4.26. The van der Waals surface area contributed by atoms with Crippen molar-refractivity contribution in [2.45, 2.75) is 32.7 Å². The van der Waals surface area contributed by atoms with Crippen LogP contribution in [0.4, 0.5) is 0 Å². The molecule has 0 spiro atoms. The Morgan fingerprint density at radius 1 is 1.47 bits per heavy atom. The molecule has 0 saturated carbocycles. The van der Waals surface area contributed by atoms with Gasteiger partial charge in [0.05, 0.1) is 0 Å². The van der Waals surface area contributed by atoms with Crippen molar-refractivity contribution in [2.75, 3.05) is 18.1 Å². The molecule has 0 radical (unpaired) electrons. The fourth-order valence-electron chi connectivity index (χ4n) is 2.43. The van der Waals surface area contributed by atoms with Gasteiger partial charge in [-0.1, -0.05) is 30.7 Å². The molecule has 2 nitrogen and oxygen atoms in total. The number of rotatable bonds is 5. The SMILES string of the molecule is CCS(=O)CCNC1CCc2ccc(C)cc21. The maximum absolute atomic E-state index is 11.4. The van der Waals surface area contributed by atoms with Gasteiger partial charge < -0.3 is 5.32 Å². The first-order chi connectivity index (χ1) is 8.20. The van der Waals surface area contributed by atoms with E-state index < -0.39 is 10.8 Å². The minimum Gasteiger partial charge on any atom is -0.309 e. The molecule has 3 heteroatoms. The average molecular weight is 251 g/mol. The number of fused-ring (bicyclic) bond motifs is 1. The Morgan fingerprint density at radius 2 is 2.29 bits per heavy atom. The molecule has 1 N–H and O–H groups in total. The monoisotopic (exact) mass is 251 g/mol. The predicted molar refractivity (Wildman–Crippen MR) is 73.8 cm³/mol. The molecule has 0 aromatic heterocycles. The van der Waals surface area contributed by atoms with E-state index >= 15 is 0 Å². The van der Waals surface area contributed by atoms with Crippen LogP contribution in [0.25, 0.3) is 0 Å². The Labute approximate surface area is 106 Å². The van der Waals surface area contributed by atoms with Gasteiger partial charge in [0, 0.05) is 34.9 Å². The summed E-state index contributed by atoms with van der Waals surface area (Å²) in [6, 6.07) is 7.19. The summed E-state index contributed by atoms with van der Waals surface area (Å²) in [6.07, 6.45) is 2.35. The molecule has 94 valence electrons. The van der Waals surface area contributed by atoms with E-state index in [0.717, 1.165) is 18.1 Å². The highest BCUT2D eigenvalue weighted by molar-refractivity contribution is 7.84. The average Bonchev–Trinajstić information content (AvgIpc) is 2.72. The molecule has 1 aromatic carbocycles. The fourth-order valence-corrected chi connectivity index (χ4v) is 3.06. The molecule has 1 aromatic rings. The van der Waals surface area contributed by atoms with Crippen LogP contribution in [0.5, 0.6) is 0 Å². The van der Waals surface area contributed by atoms with E-state index in [1.165, 1.54) is 29.5 Å². The summed E-state index contributed by atoms with van der Waals surface area (Å²) in [7, 11) is -0.652. The molecule has 2 rings (SSSR count). The molecule has 0 amide bonds. The lowest BCUT2D eigenvalue weighted by Crippen LogP contribution is -2.24. The molecular weight excluding hydrogens is 230 g/mol. The Hall–Kier alpha value is -0.670. The Morgan fingerprint density at radius 3 is 3.06 bits per heavy atom. The van der Waals surface area contributed by atoms with Crippen LogP contribution in [0, 0.1) is 6.92 Å². The van der Waals surface area contributed by atoms with Gasteiger partial charge in [0.1, 0.15) is 0 Å². The number of aryl methyl sites for hydroxylation is 2. The van der Waals surface area contributed by atoms with Gasteiger partial charge >= 0.3 is 0 Å². The predicted octanol–water partition coefficient (Wildman–Crippen LogP) is 2.34. The molecule has 0 heterocycles. The van der Waals surface area contributed by atoms with Crippen LogP contribution in [0.3, 0.4) is 0 Å². The maximum atomic E-state index is 11.4. The topological polar surface area (TPSA) is 29.1 Å². The highest BCUT2D eigenvalue weighted by atomic mass is 32.2. The maximum Gasteiger partial charge on any atom is 0.0360 e. The lowest BCUT2D eigenvalue weighted by molar-refractivity contribution is 0.549. The molecule has 1 aliphatic carbocycles. The largest absolute Gasteiger partial charge is 0.309 e. The van der Waals surface area contributed by atoms with Gasteiger partial charge in [-0.05, 0) is 30.9 Å². The zero-order valence-corrected chi connectivity index (χ0v) is 11.5. The number of hydrogen-bond donors (Lipinski definition) is 1. The van der Waals surface area contributed by atoms with Gasteiger partial charge in [-0.2, -0.15) is 0 Å². The van der Waals surface area contributed by atoms with Gasteiger partial charge in [0.25, 0.3) is 0 Å². The summed E-state index contributed by atoms with van der Waals surface area (Å²) in [4.78, 5) is 0. The third-order valence-corrected chi connectivity index (χ3v) is 4.73. The van der Waals surface area contributed by atoms with Gasteiger partial charge in [0.15, 0.2) is 0 Å². The second kappa shape index (κ2) is 5.78. The molecule has 0 saturated heterocycles. The summed E-state index contributed by atoms with van der Waals surface area (Å²) in [6.45, 7) is 4.98. The van der Waals surface area contributed by atoms with Crippen molar-refractivity contribution in [1.82, 2.24) is 5.32 Å². The van der Waals surface area contributed by atoms with Crippen molar-refractivity contribution < 1.29 is 4.21 Å². The second-order valence-electron chi connectivity index (χ2n) is 4.68. The first kappa shape index (κ1) is 12.8. The van der Waals surface area contributed by atoms with Crippen LogP contribution in [-0.2, 0) is 17.2 Å². The lowest BCUT2D eigenvalue weighted by atomic mass is 10.1. The van der Waals surface area contributed by atoms with Crippen LogP contribution in [0.1, 0.15) is 36.1 Å². The first-order valence-electron chi connectivity index (χ1n) is 6.38. The van der Waals surface area contributed by atoms with Crippen molar-refractivity contribution in [1.29, 1.82) is 0 Å². The van der Waals surface area contributed by atoms with Crippen LogP contribution in [-0.4, -0.2) is 22.3 Å². The van der Waals surface area contributed by atoms with E-state index in [0.29, 0.717) is 6.04 Å². The van der Waals surface area contributed by atoms with E-state index in [2.05, 4.69) is 30.4 Å². The van der Waals surface area contributed by atoms with Crippen molar-refractivity contribution in [3.63, 3.8) is 0 Å². The highest BCUT2D eigenvalue weighted by Crippen LogP contribution is 2.31. The molecule has 2 unspecified atom stereocenters. The standard InChI is InChI=1S/C14H21NOS/c1-3-17(16)9-8-15-14-7-6-12-5-4-11(2)10-13(12)14/h4-5,10,14-15H,3,6-9H2,1-2H3. The highest BCUT2D eigenvalue weighted by Gasteiger charge is 2.21. The summed E-state index contributed by atoms with van der Waals surface area (Å²) in [5, 5.41) is 3.54. The van der Waals surface area contributed by atoms with Crippen molar-refractivity contribution >= 4 is 10.8 Å². The van der Waals surface area contributed by atoms with E-state index in [1.54, 1.807) is 0 Å². The molecule has 0 aliphatic heterocycles. The number of nitrogens with one attached hydrogen (secondary N) is 1. The van der Waals surface area contributed by atoms with Gasteiger partial charge in [-0.15, -0.1) is 0 Å². The van der Waals surface area contributed by atoms with Gasteiger partial charge in [-0.3, -0.25) is 4.21 Å². The lowest BCUT2D eigenvalue weighted by Gasteiger charge is -2.14. The number of benzene rings is 1. The zero-order chi connectivity index (χ0) is 12.3. The normalized spacial score (nSPS) is 20.2. The van der Waals surface area contributed by atoms with E-state index in [1.807, 2.05) is 6.92 Å². The first-order valence-corrected chi connectivity index (χ1v) is 7.87. The quantitative estimate of drug-likeness (QED) is 0.870. The molecule has 0 fully saturated rings. The molecular formula is C14H21NOS. The number of hydrogen-bond acceptors (Lipinski definition) is 2. The molecule has 17 heavy (non-hydrogen) atoms. The minimum atomic E-state index is -0.652. The van der Waals surface area contributed by atoms with Crippen LogP contribution < -0.4 is 5.32 Å². The van der Waals surface area contributed by atoms with Crippen LogP contribution >= 0.6 is 0 Å². The van der Waals surface area contributed by atoms with E-state index in [-0.39, 0.29) is 0 Å². The molecule has 1 aliphatic rings. The van der Waals surface area contributed by atoms with Gasteiger partial charge in [0.2, 0.25) is 0 Å². The third kappa shape index (κ3) is 3.17. The minimum absolute atomic E-state index is 0.471. The third-order valence-electron chi connectivity index (χ3n) is 3.42. The van der Waals surface area contributed by atoms with Crippen molar-refractivity contribution in [3.8, 4) is 0 Å². The zero-order valence-electron chi connectivity index (χ0n) is 10.7. The van der Waals surface area contributed by atoms with Crippen molar-refractivity contribution in [3.05, 3.63) is 34.9 Å². The second-order valence-corrected chi connectivity index (χ2v) is 6.55. The Balaban J connectivity index is 1.93. The van der Waals surface area contributed by atoms with Crippen LogP contribution in [0.2, 0.25) is 0 Å². The molecule has 0 bridgehead atoms. The summed E-state index contributed by atoms with van der Waals surface area (Å²) in [5.74, 6) is 1.54. The summed E-state index contributed by atoms with van der Waals surface area (Å²) < 4.78 is 11.4. The van der Waals surface area contributed by atoms with Gasteiger partial charge in [-0.25, -0.2) is 0 Å². The summed E-state index contributed by atoms with van der Waals surface area (Å²) >= 11 is 0. The smallest absolute Gasteiger partial charge is 0.0360 e. The van der Waals surface area contributed by atoms with Crippen molar-refractivity contribution in [2.24, 2.45) is 0 Å². The van der Waals surface area contributed by atoms with E-state index in [9.17, 15) is 4.21 Å². The Bertz CT molecular complexity index is 417.